The maximum atomic E-state index is 12.7. The van der Waals surface area contributed by atoms with E-state index < -0.39 is 0 Å². The molecule has 2 aliphatic heterocycles. The van der Waals surface area contributed by atoms with Crippen molar-refractivity contribution in [2.75, 3.05) is 19.7 Å². The lowest BCUT2D eigenvalue weighted by Crippen LogP contribution is -2.50. The molecule has 0 radical (unpaired) electrons. The summed E-state index contributed by atoms with van der Waals surface area (Å²) in [5.41, 5.74) is 0.330. The predicted molar refractivity (Wildman–Crippen MR) is 89.1 cm³/mol. The molecule has 130 valence electrons. The van der Waals surface area contributed by atoms with E-state index in [2.05, 4.69) is 15.0 Å². The number of carbonyl (C=O) groups excluding carboxylic acids is 1. The largest absolute Gasteiger partial charge is 0.458 e. The smallest absolute Gasteiger partial charge is 0.316 e. The van der Waals surface area contributed by atoms with Crippen LogP contribution >= 0.6 is 0 Å². The lowest BCUT2D eigenvalue weighted by atomic mass is 9.89. The molecule has 2 fully saturated rings. The molecule has 0 N–H and O–H groups in total. The van der Waals surface area contributed by atoms with Crippen LogP contribution in [0.4, 0.5) is 0 Å². The van der Waals surface area contributed by atoms with Crippen molar-refractivity contribution in [3.8, 4) is 6.01 Å². The van der Waals surface area contributed by atoms with Gasteiger partial charge in [0.2, 0.25) is 0 Å². The highest BCUT2D eigenvalue weighted by Gasteiger charge is 2.45. The van der Waals surface area contributed by atoms with Gasteiger partial charge < -0.3 is 14.4 Å². The molecule has 0 unspecified atom stereocenters. The molecule has 2 aromatic heterocycles. The van der Waals surface area contributed by atoms with Gasteiger partial charge in [-0.15, -0.1) is 0 Å². The van der Waals surface area contributed by atoms with Crippen molar-refractivity contribution in [2.24, 2.45) is 0 Å². The van der Waals surface area contributed by atoms with Gasteiger partial charge in [0.25, 0.3) is 5.91 Å². The van der Waals surface area contributed by atoms with E-state index in [0.717, 1.165) is 25.8 Å². The van der Waals surface area contributed by atoms with Gasteiger partial charge in [0.15, 0.2) is 0 Å². The minimum Gasteiger partial charge on any atom is -0.458 e. The number of nitrogens with zero attached hydrogens (tertiary/aromatic N) is 4. The Bertz CT molecular complexity index is 728. The highest BCUT2D eigenvalue weighted by molar-refractivity contribution is 5.94. The second-order valence-electron chi connectivity index (χ2n) is 6.54. The summed E-state index contributed by atoms with van der Waals surface area (Å²) in [7, 11) is 0. The first kappa shape index (κ1) is 16.0. The van der Waals surface area contributed by atoms with Crippen LogP contribution in [0.25, 0.3) is 0 Å². The van der Waals surface area contributed by atoms with Gasteiger partial charge in [0.1, 0.15) is 6.10 Å². The molecular formula is C18H20N4O3. The van der Waals surface area contributed by atoms with Crippen LogP contribution in [0.5, 0.6) is 6.01 Å². The van der Waals surface area contributed by atoms with Gasteiger partial charge in [-0.1, -0.05) is 0 Å². The van der Waals surface area contributed by atoms with Crippen LogP contribution in [-0.4, -0.2) is 57.2 Å². The molecule has 0 aromatic carbocycles. The number of ether oxygens (including phenoxy) is 2. The van der Waals surface area contributed by atoms with E-state index in [1.54, 1.807) is 43.0 Å². The molecule has 7 heteroatoms. The Morgan fingerprint density at radius 3 is 2.84 bits per heavy atom. The van der Waals surface area contributed by atoms with Crippen LogP contribution in [0.2, 0.25) is 0 Å². The maximum absolute atomic E-state index is 12.7. The number of pyridine rings is 1. The first-order valence-electron chi connectivity index (χ1n) is 8.51. The van der Waals surface area contributed by atoms with Crippen molar-refractivity contribution < 1.29 is 14.3 Å². The number of amides is 1. The first-order valence-corrected chi connectivity index (χ1v) is 8.51. The molecule has 7 nitrogen and oxygen atoms in total. The normalized spacial score (nSPS) is 25.9. The fourth-order valence-electron chi connectivity index (χ4n) is 3.61. The minimum absolute atomic E-state index is 0.0286. The Morgan fingerprint density at radius 1 is 1.24 bits per heavy atom. The van der Waals surface area contributed by atoms with Crippen LogP contribution in [0.3, 0.4) is 0 Å². The van der Waals surface area contributed by atoms with E-state index in [1.165, 1.54) is 0 Å². The van der Waals surface area contributed by atoms with Gasteiger partial charge >= 0.3 is 6.01 Å². The molecular weight excluding hydrogens is 320 g/mol. The summed E-state index contributed by atoms with van der Waals surface area (Å²) < 4.78 is 11.9. The minimum atomic E-state index is -0.333. The molecule has 0 aliphatic carbocycles. The van der Waals surface area contributed by atoms with Crippen molar-refractivity contribution in [1.29, 1.82) is 0 Å². The van der Waals surface area contributed by atoms with E-state index >= 15 is 0 Å². The molecule has 1 amide bonds. The Balaban J connectivity index is 1.42. The molecule has 0 saturated carbocycles. The third kappa shape index (κ3) is 3.46. The van der Waals surface area contributed by atoms with E-state index in [9.17, 15) is 4.79 Å². The third-order valence-corrected chi connectivity index (χ3v) is 4.74. The number of piperidine rings is 1. The van der Waals surface area contributed by atoms with E-state index in [-0.39, 0.29) is 17.6 Å². The van der Waals surface area contributed by atoms with Crippen LogP contribution in [-0.2, 0) is 4.74 Å². The van der Waals surface area contributed by atoms with Gasteiger partial charge in [0.05, 0.1) is 18.8 Å². The molecule has 0 bridgehead atoms. The molecule has 2 saturated heterocycles. The fraction of sp³-hybridized carbons (Fsp3) is 0.444. The summed E-state index contributed by atoms with van der Waals surface area (Å²) in [4.78, 5) is 26.7. The Kier molecular flexibility index (Phi) is 4.31. The summed E-state index contributed by atoms with van der Waals surface area (Å²) in [6, 6.07) is 5.62. The van der Waals surface area contributed by atoms with Crippen LogP contribution < -0.4 is 4.74 Å². The van der Waals surface area contributed by atoms with Crippen molar-refractivity contribution in [3.05, 3.63) is 48.5 Å². The van der Waals surface area contributed by atoms with Gasteiger partial charge in [-0.25, -0.2) is 9.97 Å². The third-order valence-electron chi connectivity index (χ3n) is 4.74. The topological polar surface area (TPSA) is 77.4 Å². The van der Waals surface area contributed by atoms with E-state index in [4.69, 9.17) is 9.47 Å². The van der Waals surface area contributed by atoms with Crippen LogP contribution in [0.1, 0.15) is 29.6 Å². The van der Waals surface area contributed by atoms with Crippen LogP contribution in [0.15, 0.2) is 43.0 Å². The lowest BCUT2D eigenvalue weighted by molar-refractivity contribution is -0.0453. The molecule has 2 aliphatic rings. The predicted octanol–water partition coefficient (Wildman–Crippen LogP) is 1.71. The average molecular weight is 340 g/mol. The SMILES string of the molecule is O=C(c1ccncc1)N1CCC[C@]2(C[C@@H](Oc3ncccn3)CO2)C1. The van der Waals surface area contributed by atoms with E-state index in [1.807, 2.05) is 4.90 Å². The molecule has 4 rings (SSSR count). The second-order valence-corrected chi connectivity index (χ2v) is 6.54. The molecule has 25 heavy (non-hydrogen) atoms. The maximum Gasteiger partial charge on any atom is 0.316 e. The zero-order valence-corrected chi connectivity index (χ0v) is 13.9. The van der Waals surface area contributed by atoms with Crippen molar-refractivity contribution in [3.63, 3.8) is 0 Å². The highest BCUT2D eigenvalue weighted by Crippen LogP contribution is 2.36. The van der Waals surface area contributed by atoms with Gasteiger partial charge in [-0.2, -0.15) is 0 Å². The Hall–Kier alpha value is -2.54. The summed E-state index contributed by atoms with van der Waals surface area (Å²) >= 11 is 0. The number of hydrogen-bond acceptors (Lipinski definition) is 6. The summed E-state index contributed by atoms with van der Waals surface area (Å²) in [5.74, 6) is 0.0286. The van der Waals surface area contributed by atoms with Crippen molar-refractivity contribution in [1.82, 2.24) is 19.9 Å². The monoisotopic (exact) mass is 340 g/mol. The molecule has 2 atom stereocenters. The Morgan fingerprint density at radius 2 is 2.04 bits per heavy atom. The van der Waals surface area contributed by atoms with Gasteiger partial charge in [-0.05, 0) is 31.0 Å². The highest BCUT2D eigenvalue weighted by atomic mass is 16.6. The zero-order valence-electron chi connectivity index (χ0n) is 13.9. The fourth-order valence-corrected chi connectivity index (χ4v) is 3.61. The summed E-state index contributed by atoms with van der Waals surface area (Å²) in [6.07, 6.45) is 9.11. The zero-order chi connectivity index (χ0) is 17.1. The van der Waals surface area contributed by atoms with Gasteiger partial charge in [-0.3, -0.25) is 9.78 Å². The number of likely N-dealkylation sites (tertiary alicyclic amines) is 1. The number of aromatic nitrogens is 3. The van der Waals surface area contributed by atoms with E-state index in [0.29, 0.717) is 24.7 Å². The van der Waals surface area contributed by atoms with Crippen molar-refractivity contribution in [2.45, 2.75) is 31.0 Å². The quantitative estimate of drug-likeness (QED) is 0.847. The second kappa shape index (κ2) is 6.76. The Labute approximate surface area is 146 Å². The lowest BCUT2D eigenvalue weighted by Gasteiger charge is -2.39. The summed E-state index contributed by atoms with van der Waals surface area (Å²) in [5, 5.41) is 0. The average Bonchev–Trinajstić information content (AvgIpc) is 3.04. The van der Waals surface area contributed by atoms with Crippen molar-refractivity contribution >= 4 is 5.91 Å². The molecule has 2 aromatic rings. The first-order chi connectivity index (χ1) is 12.2. The summed E-state index contributed by atoms with van der Waals surface area (Å²) in [6.45, 7) is 1.83. The number of hydrogen-bond donors (Lipinski definition) is 0. The number of rotatable bonds is 3. The van der Waals surface area contributed by atoms with Gasteiger partial charge in [0, 0.05) is 43.3 Å². The molecule has 1 spiro atoms. The van der Waals surface area contributed by atoms with Crippen LogP contribution in [0, 0.1) is 0 Å². The standard InChI is InChI=1S/C18H20N4O3/c23-16(14-3-8-19-9-4-14)22-10-1-5-18(13-22)11-15(12-24-18)25-17-20-6-2-7-21-17/h2-4,6-9,15H,1,5,10-13H2/t15-,18+/m1/s1. The number of carbonyl (C=O) groups is 1. The molecule has 4 heterocycles.